The maximum absolute atomic E-state index is 15.0. The highest BCUT2D eigenvalue weighted by molar-refractivity contribution is 5.96. The normalized spacial score (nSPS) is 19.3. The lowest BCUT2D eigenvalue weighted by molar-refractivity contribution is -0.916. The van der Waals surface area contributed by atoms with E-state index < -0.39 is 24.0 Å². The third-order valence-electron chi connectivity index (χ3n) is 11.1. The van der Waals surface area contributed by atoms with Crippen LogP contribution in [0, 0.1) is 23.5 Å². The zero-order chi connectivity index (χ0) is 37.3. The van der Waals surface area contributed by atoms with Crippen LogP contribution in [-0.4, -0.2) is 113 Å². The number of anilines is 2. The number of carbonyl (C=O) groups excluding carboxylic acids is 2. The van der Waals surface area contributed by atoms with E-state index >= 15 is 0 Å². The number of imidazole rings is 1. The molecule has 2 aromatic heterocycles. The molecule has 15 heteroatoms. The van der Waals surface area contributed by atoms with E-state index in [1.54, 1.807) is 12.1 Å². The Morgan fingerprint density at radius 3 is 2.49 bits per heavy atom. The van der Waals surface area contributed by atoms with Crippen LogP contribution >= 0.6 is 0 Å². The molecular weight excluding hydrogens is 692 g/mol. The third-order valence-corrected chi connectivity index (χ3v) is 11.1. The Bertz CT molecular complexity index is 1970. The average molecular weight is 738 g/mol. The van der Waals surface area contributed by atoms with E-state index in [-0.39, 0.29) is 29.0 Å². The van der Waals surface area contributed by atoms with Gasteiger partial charge in [-0.25, -0.2) is 14.4 Å². The average Bonchev–Trinajstić information content (AvgIpc) is 3.84. The van der Waals surface area contributed by atoms with Gasteiger partial charge >= 0.3 is 6.61 Å². The van der Waals surface area contributed by atoms with Crippen molar-refractivity contribution in [2.45, 2.75) is 39.2 Å². The van der Waals surface area contributed by atoms with E-state index in [9.17, 15) is 27.2 Å². The number of likely N-dealkylation sites (N-methyl/N-ethyl adjacent to an activating group) is 1. The molecule has 2 aromatic carbocycles. The van der Waals surface area contributed by atoms with Gasteiger partial charge in [-0.1, -0.05) is 6.92 Å². The molecule has 4 aromatic rings. The van der Waals surface area contributed by atoms with Gasteiger partial charge in [0.25, 0.3) is 5.91 Å². The van der Waals surface area contributed by atoms with Gasteiger partial charge in [-0.05, 0) is 68.1 Å². The summed E-state index contributed by atoms with van der Waals surface area (Å²) in [6.07, 6.45) is 7.44. The molecule has 2 amide bonds. The topological polar surface area (TPSA) is 104 Å². The van der Waals surface area contributed by atoms with Crippen molar-refractivity contribution in [1.29, 1.82) is 0 Å². The predicted octanol–water partition coefficient (Wildman–Crippen LogP) is 5.33. The number of piperazine rings is 1. The Morgan fingerprint density at radius 2 is 1.79 bits per heavy atom. The van der Waals surface area contributed by atoms with E-state index in [4.69, 9.17) is 0 Å². The van der Waals surface area contributed by atoms with Crippen LogP contribution in [0.15, 0.2) is 48.9 Å². The highest BCUT2D eigenvalue weighted by atomic mass is 19.3. The lowest BCUT2D eigenvalue weighted by atomic mass is 9.93. The Hall–Kier alpha value is -4.76. The van der Waals surface area contributed by atoms with Crippen LogP contribution in [0.5, 0.6) is 5.75 Å². The molecule has 11 nitrogen and oxygen atoms in total. The first kappa shape index (κ1) is 36.6. The highest BCUT2D eigenvalue weighted by Gasteiger charge is 2.37. The second-order valence-electron chi connectivity index (χ2n) is 14.6. The zero-order valence-corrected chi connectivity index (χ0v) is 30.0. The van der Waals surface area contributed by atoms with Gasteiger partial charge in [0, 0.05) is 60.7 Å². The fourth-order valence-corrected chi connectivity index (χ4v) is 8.04. The second-order valence-corrected chi connectivity index (χ2v) is 14.6. The summed E-state index contributed by atoms with van der Waals surface area (Å²) in [7, 11) is 2.32. The summed E-state index contributed by atoms with van der Waals surface area (Å²) in [6, 6.07) is 7.52. The molecule has 3 saturated heterocycles. The largest absolute Gasteiger partial charge is 0.432 e. The number of carbonyl (C=O) groups is 2. The molecule has 2 N–H and O–H groups in total. The van der Waals surface area contributed by atoms with Gasteiger partial charge in [-0.15, -0.1) is 0 Å². The van der Waals surface area contributed by atoms with Gasteiger partial charge in [0.15, 0.2) is 23.0 Å². The molecule has 0 saturated carbocycles. The Kier molecular flexibility index (Phi) is 10.6. The summed E-state index contributed by atoms with van der Waals surface area (Å²) in [5.74, 6) is -2.65. The number of benzene rings is 2. The number of rotatable bonds is 10. The third kappa shape index (κ3) is 7.67. The molecule has 1 unspecified atom stereocenters. The van der Waals surface area contributed by atoms with Crippen LogP contribution in [0.1, 0.15) is 42.1 Å². The van der Waals surface area contributed by atoms with Crippen molar-refractivity contribution in [2.24, 2.45) is 11.8 Å². The first-order valence-electron chi connectivity index (χ1n) is 18.3. The van der Waals surface area contributed by atoms with E-state index in [0.717, 1.165) is 61.4 Å². The van der Waals surface area contributed by atoms with Crippen LogP contribution in [0.2, 0.25) is 0 Å². The molecule has 7 rings (SSSR count). The fourth-order valence-electron chi connectivity index (χ4n) is 8.04. The summed E-state index contributed by atoms with van der Waals surface area (Å²) in [6.45, 7) is 6.62. The molecule has 0 aliphatic carbocycles. The minimum Gasteiger partial charge on any atom is -0.432 e. The van der Waals surface area contributed by atoms with Crippen LogP contribution in [0.4, 0.5) is 29.1 Å². The van der Waals surface area contributed by atoms with E-state index in [2.05, 4.69) is 32.4 Å². The first-order valence-corrected chi connectivity index (χ1v) is 18.3. The molecule has 3 aliphatic heterocycles. The van der Waals surface area contributed by atoms with Crippen molar-refractivity contribution >= 4 is 29.0 Å². The van der Waals surface area contributed by atoms with Crippen molar-refractivity contribution in [3.8, 4) is 17.0 Å². The summed E-state index contributed by atoms with van der Waals surface area (Å²) in [4.78, 5) is 39.9. The number of ether oxygens (including phenoxy) is 1. The van der Waals surface area contributed by atoms with E-state index in [1.165, 1.54) is 36.0 Å². The van der Waals surface area contributed by atoms with Gasteiger partial charge in [0.05, 0.1) is 51.7 Å². The molecule has 0 spiro atoms. The van der Waals surface area contributed by atoms with Gasteiger partial charge in [-0.3, -0.25) is 14.0 Å². The number of nitrogens with zero attached hydrogens (tertiary/aromatic N) is 6. The second kappa shape index (κ2) is 15.3. The zero-order valence-electron chi connectivity index (χ0n) is 30.0. The number of quaternary nitrogens is 1. The standard InChI is InChI=1S/C38H44F4N8O3/c1-3-25-20-27(46-34-35-45-22-30(49(35)15-12-44-34)29-6-7-31(53-38(41)42)33(40)32(29)39)4-5-28(25)37(52)47-13-9-26(10-14-47)36(51)48-16-18-50(2,19-17-48)23-24-8-11-43-21-24/h4-7,12,15,20,22,24,26,38,43H,3,8-11,13-14,16-19,21,23H2,1-2H3/p+1. The molecule has 1 atom stereocenters. The van der Waals surface area contributed by atoms with Crippen molar-refractivity contribution in [3.63, 3.8) is 0 Å². The minimum absolute atomic E-state index is 0.0657. The number of fused-ring (bicyclic) bond motifs is 1. The maximum Gasteiger partial charge on any atom is 0.387 e. The van der Waals surface area contributed by atoms with Crippen molar-refractivity contribution in [2.75, 3.05) is 71.3 Å². The molecule has 0 bridgehead atoms. The number of piperidine rings is 1. The van der Waals surface area contributed by atoms with Gasteiger partial charge in [0.2, 0.25) is 11.7 Å². The maximum atomic E-state index is 15.0. The van der Waals surface area contributed by atoms with Crippen LogP contribution in [-0.2, 0) is 11.2 Å². The summed E-state index contributed by atoms with van der Waals surface area (Å²) in [5, 5.41) is 6.69. The van der Waals surface area contributed by atoms with Crippen LogP contribution < -0.4 is 15.4 Å². The number of nitrogens with one attached hydrogen (secondary N) is 2. The number of aryl methyl sites for hydroxylation is 1. The number of alkyl halides is 2. The molecule has 3 aliphatic rings. The van der Waals surface area contributed by atoms with E-state index in [0.29, 0.717) is 61.0 Å². The van der Waals surface area contributed by atoms with Crippen LogP contribution in [0.25, 0.3) is 16.9 Å². The number of amides is 2. The quantitative estimate of drug-likeness (QED) is 0.168. The van der Waals surface area contributed by atoms with Gasteiger partial charge < -0.3 is 29.7 Å². The van der Waals surface area contributed by atoms with E-state index in [1.807, 2.05) is 22.8 Å². The summed E-state index contributed by atoms with van der Waals surface area (Å²) < 4.78 is 61.3. The van der Waals surface area contributed by atoms with Crippen molar-refractivity contribution in [1.82, 2.24) is 29.5 Å². The molecule has 5 heterocycles. The minimum atomic E-state index is -3.30. The number of aromatic nitrogens is 3. The molecule has 53 heavy (non-hydrogen) atoms. The highest BCUT2D eigenvalue weighted by Crippen LogP contribution is 2.33. The fraction of sp³-hybridized carbons (Fsp3) is 0.474. The van der Waals surface area contributed by atoms with Gasteiger partial charge in [-0.2, -0.15) is 13.2 Å². The smallest absolute Gasteiger partial charge is 0.387 e. The monoisotopic (exact) mass is 737 g/mol. The van der Waals surface area contributed by atoms with Crippen molar-refractivity contribution in [3.05, 3.63) is 71.7 Å². The summed E-state index contributed by atoms with van der Waals surface area (Å²) >= 11 is 0. The summed E-state index contributed by atoms with van der Waals surface area (Å²) in [5.41, 5.74) is 2.37. The lowest BCUT2D eigenvalue weighted by Gasteiger charge is -2.44. The lowest BCUT2D eigenvalue weighted by Crippen LogP contribution is -2.60. The number of hydrogen-bond acceptors (Lipinski definition) is 7. The Labute approximate surface area is 305 Å². The predicted molar refractivity (Wildman–Crippen MR) is 191 cm³/mol. The Balaban J connectivity index is 0.980. The number of halogens is 4. The molecular formula is C38H45F4N8O3+. The molecule has 3 fully saturated rings. The van der Waals surface area contributed by atoms with Crippen LogP contribution in [0.3, 0.4) is 0 Å². The molecule has 282 valence electrons. The van der Waals surface area contributed by atoms with Gasteiger partial charge in [0.1, 0.15) is 0 Å². The number of hydrogen-bond donors (Lipinski definition) is 2. The number of likely N-dealkylation sites (tertiary alicyclic amines) is 1. The SMILES string of the molecule is CCc1cc(Nc2nccn3c(-c4ccc(OC(F)F)c(F)c4F)cnc23)ccc1C(=O)N1CCC(C(=O)N2CC[N+](C)(CC3CCNC3)CC2)CC1. The molecule has 0 radical (unpaired) electrons. The van der Waals surface area contributed by atoms with Crippen molar-refractivity contribution < 1.29 is 36.4 Å². The Morgan fingerprint density at radius 1 is 1.02 bits per heavy atom. The first-order chi connectivity index (χ1) is 25.5.